The molecule has 0 heterocycles. The summed E-state index contributed by atoms with van der Waals surface area (Å²) in [5.41, 5.74) is 3.07. The molecule has 1 amide bonds. The average molecular weight is 325 g/mol. The van der Waals surface area contributed by atoms with E-state index in [0.29, 0.717) is 6.42 Å². The predicted octanol–water partition coefficient (Wildman–Crippen LogP) is 5.91. The maximum Gasteiger partial charge on any atom is 0.224 e. The molecule has 0 unspecified atom stereocenters. The zero-order valence-electron chi connectivity index (χ0n) is 15.0. The maximum atomic E-state index is 12.1. The molecule has 1 N–H and O–H groups in total. The van der Waals surface area contributed by atoms with Crippen LogP contribution < -0.4 is 5.32 Å². The molecule has 1 saturated carbocycles. The Hall–Kier alpha value is -1.83. The van der Waals surface area contributed by atoms with Crippen molar-refractivity contribution in [2.24, 2.45) is 11.8 Å². The van der Waals surface area contributed by atoms with E-state index in [1.54, 1.807) is 6.08 Å². The Morgan fingerprint density at radius 3 is 2.38 bits per heavy atom. The Bertz CT molecular complexity index is 550. The molecule has 2 heteroatoms. The topological polar surface area (TPSA) is 29.1 Å². The van der Waals surface area contributed by atoms with Crippen LogP contribution in [0.5, 0.6) is 0 Å². The molecule has 0 aromatic heterocycles. The minimum Gasteiger partial charge on any atom is -0.326 e. The van der Waals surface area contributed by atoms with Crippen molar-refractivity contribution in [2.75, 3.05) is 5.32 Å². The van der Waals surface area contributed by atoms with Crippen molar-refractivity contribution >= 4 is 11.6 Å². The molecule has 1 aromatic carbocycles. The monoisotopic (exact) mass is 325 g/mol. The highest BCUT2D eigenvalue weighted by molar-refractivity contribution is 5.90. The van der Waals surface area contributed by atoms with Gasteiger partial charge in [-0.05, 0) is 42.4 Å². The normalized spacial score (nSPS) is 20.4. The number of carbonyl (C=O) groups is 1. The predicted molar refractivity (Wildman–Crippen MR) is 103 cm³/mol. The van der Waals surface area contributed by atoms with Gasteiger partial charge in [-0.3, -0.25) is 4.79 Å². The maximum absolute atomic E-state index is 12.1. The first kappa shape index (κ1) is 18.5. The van der Waals surface area contributed by atoms with Gasteiger partial charge in [0.15, 0.2) is 0 Å². The van der Waals surface area contributed by atoms with Gasteiger partial charge in [-0.1, -0.05) is 76.0 Å². The third kappa shape index (κ3) is 5.99. The van der Waals surface area contributed by atoms with Crippen LogP contribution in [0.2, 0.25) is 0 Å². The van der Waals surface area contributed by atoms with E-state index in [9.17, 15) is 4.79 Å². The van der Waals surface area contributed by atoms with Gasteiger partial charge in [-0.25, -0.2) is 0 Å². The Balaban J connectivity index is 1.72. The summed E-state index contributed by atoms with van der Waals surface area (Å²) in [7, 11) is 0. The molecule has 1 aromatic rings. The Morgan fingerprint density at radius 2 is 1.79 bits per heavy atom. The summed E-state index contributed by atoms with van der Waals surface area (Å²) in [4.78, 5) is 12.1. The average Bonchev–Trinajstić information content (AvgIpc) is 2.62. The van der Waals surface area contributed by atoms with Crippen LogP contribution in [0.15, 0.2) is 49.1 Å². The van der Waals surface area contributed by atoms with E-state index in [4.69, 9.17) is 0 Å². The fourth-order valence-electron chi connectivity index (χ4n) is 3.53. The van der Waals surface area contributed by atoms with Crippen LogP contribution in [0.25, 0.3) is 0 Å². The first-order valence-electron chi connectivity index (χ1n) is 9.29. The van der Waals surface area contributed by atoms with Crippen molar-refractivity contribution in [1.82, 2.24) is 0 Å². The summed E-state index contributed by atoms with van der Waals surface area (Å²) in [6.07, 6.45) is 10.9. The molecule has 0 bridgehead atoms. The molecule has 0 spiro atoms. The number of hydrogen-bond acceptors (Lipinski definition) is 1. The third-order valence-electron chi connectivity index (χ3n) is 5.28. The van der Waals surface area contributed by atoms with Gasteiger partial charge in [-0.2, -0.15) is 0 Å². The number of rotatable bonds is 8. The number of amides is 1. The number of nitrogens with one attached hydrogen (secondary N) is 1. The fourth-order valence-corrected chi connectivity index (χ4v) is 3.53. The molecule has 24 heavy (non-hydrogen) atoms. The number of benzene rings is 1. The zero-order valence-corrected chi connectivity index (χ0v) is 15.0. The highest BCUT2D eigenvalue weighted by Gasteiger charge is 2.20. The Morgan fingerprint density at radius 1 is 1.17 bits per heavy atom. The Labute approximate surface area is 147 Å². The third-order valence-corrected chi connectivity index (χ3v) is 5.28. The first-order valence-corrected chi connectivity index (χ1v) is 9.29. The van der Waals surface area contributed by atoms with Crippen LogP contribution in [0.4, 0.5) is 5.69 Å². The molecule has 1 aliphatic carbocycles. The van der Waals surface area contributed by atoms with Crippen LogP contribution in [0.3, 0.4) is 0 Å². The van der Waals surface area contributed by atoms with Gasteiger partial charge in [0.05, 0.1) is 0 Å². The summed E-state index contributed by atoms with van der Waals surface area (Å²) in [6, 6.07) is 8.01. The summed E-state index contributed by atoms with van der Waals surface area (Å²) < 4.78 is 0. The van der Waals surface area contributed by atoms with Crippen LogP contribution in [-0.4, -0.2) is 5.91 Å². The molecule has 2 rings (SSSR count). The van der Waals surface area contributed by atoms with Crippen molar-refractivity contribution in [3.63, 3.8) is 0 Å². The van der Waals surface area contributed by atoms with Crippen LogP contribution in [-0.2, 0) is 11.2 Å². The molecule has 2 nitrogen and oxygen atoms in total. The number of allylic oxidation sites excluding steroid dienone is 2. The largest absolute Gasteiger partial charge is 0.326 e. The second-order valence-corrected chi connectivity index (χ2v) is 7.12. The minimum absolute atomic E-state index is 0.135. The SMILES string of the molecule is C=CC(=C)Cc1ccc(NC(=O)CCC2CCC(CC)CC2)cc1. The van der Waals surface area contributed by atoms with Crippen molar-refractivity contribution in [3.05, 3.63) is 54.6 Å². The molecule has 0 radical (unpaired) electrons. The van der Waals surface area contributed by atoms with Crippen LogP contribution >= 0.6 is 0 Å². The van der Waals surface area contributed by atoms with Gasteiger partial charge in [-0.15, -0.1) is 0 Å². The van der Waals surface area contributed by atoms with E-state index in [1.165, 1.54) is 37.7 Å². The second kappa shape index (κ2) is 9.46. The van der Waals surface area contributed by atoms with Crippen LogP contribution in [0, 0.1) is 11.8 Å². The van der Waals surface area contributed by atoms with Gasteiger partial charge in [0, 0.05) is 12.1 Å². The second-order valence-electron chi connectivity index (χ2n) is 7.12. The van der Waals surface area contributed by atoms with Crippen molar-refractivity contribution < 1.29 is 4.79 Å². The Kier molecular flexibility index (Phi) is 7.30. The summed E-state index contributed by atoms with van der Waals surface area (Å²) in [5, 5.41) is 3.01. The molecule has 130 valence electrons. The lowest BCUT2D eigenvalue weighted by atomic mass is 9.79. The molecule has 0 aliphatic heterocycles. The van der Waals surface area contributed by atoms with E-state index in [-0.39, 0.29) is 5.91 Å². The van der Waals surface area contributed by atoms with Crippen LogP contribution in [0.1, 0.15) is 57.4 Å². The molecule has 1 aliphatic rings. The summed E-state index contributed by atoms with van der Waals surface area (Å²) in [5.74, 6) is 1.80. The molecule has 0 saturated heterocycles. The lowest BCUT2D eigenvalue weighted by molar-refractivity contribution is -0.116. The van der Waals surface area contributed by atoms with Gasteiger partial charge in [0.1, 0.15) is 0 Å². The highest BCUT2D eigenvalue weighted by atomic mass is 16.1. The number of anilines is 1. The van der Waals surface area contributed by atoms with E-state index in [2.05, 4.69) is 25.4 Å². The van der Waals surface area contributed by atoms with Gasteiger partial charge in [0.25, 0.3) is 0 Å². The van der Waals surface area contributed by atoms with E-state index in [1.807, 2.05) is 24.3 Å². The summed E-state index contributed by atoms with van der Waals surface area (Å²) >= 11 is 0. The minimum atomic E-state index is 0.135. The first-order chi connectivity index (χ1) is 11.6. The standard InChI is InChI=1S/C22H31NO/c1-4-17(3)16-20-10-13-21(14-11-20)23-22(24)15-12-19-8-6-18(5-2)7-9-19/h4,10-11,13-14,18-19H,1,3,5-9,12,15-16H2,2H3,(H,23,24). The summed E-state index contributed by atoms with van der Waals surface area (Å²) in [6.45, 7) is 9.94. The quantitative estimate of drug-likeness (QED) is 0.592. The lowest BCUT2D eigenvalue weighted by Crippen LogP contribution is -2.17. The smallest absolute Gasteiger partial charge is 0.224 e. The van der Waals surface area contributed by atoms with E-state index >= 15 is 0 Å². The lowest BCUT2D eigenvalue weighted by Gasteiger charge is -2.27. The highest BCUT2D eigenvalue weighted by Crippen LogP contribution is 2.33. The van der Waals surface area contributed by atoms with Crippen molar-refractivity contribution in [3.8, 4) is 0 Å². The molecular weight excluding hydrogens is 294 g/mol. The van der Waals surface area contributed by atoms with Crippen molar-refractivity contribution in [1.29, 1.82) is 0 Å². The van der Waals surface area contributed by atoms with Gasteiger partial charge in [0.2, 0.25) is 5.91 Å². The van der Waals surface area contributed by atoms with Crippen molar-refractivity contribution in [2.45, 2.75) is 58.3 Å². The zero-order chi connectivity index (χ0) is 17.4. The van der Waals surface area contributed by atoms with Gasteiger partial charge < -0.3 is 5.32 Å². The molecular formula is C22H31NO. The number of carbonyl (C=O) groups excluding carboxylic acids is 1. The fraction of sp³-hybridized carbons (Fsp3) is 0.500. The molecule has 1 fully saturated rings. The molecule has 0 atom stereocenters. The number of hydrogen-bond donors (Lipinski definition) is 1. The van der Waals surface area contributed by atoms with Gasteiger partial charge >= 0.3 is 0 Å². The van der Waals surface area contributed by atoms with E-state index in [0.717, 1.165) is 35.9 Å². The van der Waals surface area contributed by atoms with E-state index < -0.39 is 0 Å².